The van der Waals surface area contributed by atoms with Crippen LogP contribution < -0.4 is 4.74 Å². The van der Waals surface area contributed by atoms with Crippen LogP contribution in [-0.2, 0) is 4.74 Å². The molecule has 6 nitrogen and oxygen atoms in total. The minimum atomic E-state index is -0.347. The molecule has 1 aromatic carbocycles. The summed E-state index contributed by atoms with van der Waals surface area (Å²) in [5, 5.41) is 9.28. The van der Waals surface area contributed by atoms with E-state index in [-0.39, 0.29) is 24.7 Å². The molecule has 2 heterocycles. The number of morpholine rings is 1. The first-order valence-electron chi connectivity index (χ1n) is 8.00. The van der Waals surface area contributed by atoms with E-state index in [0.29, 0.717) is 30.3 Å². The number of aliphatic hydroxyl groups is 1. The first-order chi connectivity index (χ1) is 12.0. The van der Waals surface area contributed by atoms with Gasteiger partial charge in [-0.15, -0.1) is 0 Å². The van der Waals surface area contributed by atoms with E-state index >= 15 is 0 Å². The third-order valence-electron chi connectivity index (χ3n) is 3.84. The maximum Gasteiger partial charge on any atom is 0.255 e. The van der Waals surface area contributed by atoms with Crippen LogP contribution in [0.15, 0.2) is 47.1 Å². The minimum absolute atomic E-state index is 0.105. The van der Waals surface area contributed by atoms with Gasteiger partial charge in [-0.2, -0.15) is 0 Å². The highest BCUT2D eigenvalue weighted by molar-refractivity contribution is 9.10. The number of carbonyl (C=O) groups is 1. The van der Waals surface area contributed by atoms with E-state index in [1.165, 1.54) is 6.20 Å². The molecular formula is C18H19BrN2O4. The van der Waals surface area contributed by atoms with Gasteiger partial charge in [0.05, 0.1) is 24.4 Å². The fourth-order valence-electron chi connectivity index (χ4n) is 2.69. The summed E-state index contributed by atoms with van der Waals surface area (Å²) in [5.74, 6) is 0.960. The summed E-state index contributed by atoms with van der Waals surface area (Å²) in [6.07, 6.45) is 1.05. The molecule has 1 aromatic heterocycles. The lowest BCUT2D eigenvalue weighted by Gasteiger charge is -2.36. The molecule has 0 radical (unpaired) electrons. The van der Waals surface area contributed by atoms with Gasteiger partial charge >= 0.3 is 0 Å². The summed E-state index contributed by atoms with van der Waals surface area (Å²) in [6, 6.07) is 10.8. The molecule has 0 aliphatic carbocycles. The van der Waals surface area contributed by atoms with Gasteiger partial charge < -0.3 is 19.5 Å². The molecule has 1 N–H and O–H groups in total. The minimum Gasteiger partial charge on any atom is -0.439 e. The van der Waals surface area contributed by atoms with E-state index in [1.807, 2.05) is 31.2 Å². The fourth-order valence-corrected chi connectivity index (χ4v) is 2.95. The van der Waals surface area contributed by atoms with Gasteiger partial charge in [0, 0.05) is 29.8 Å². The lowest BCUT2D eigenvalue weighted by atomic mass is 10.2. The molecule has 1 fully saturated rings. The predicted octanol–water partition coefficient (Wildman–Crippen LogP) is 2.86. The van der Waals surface area contributed by atoms with Gasteiger partial charge in [0.1, 0.15) is 5.75 Å². The Bertz CT molecular complexity index is 721. The number of amides is 1. The Labute approximate surface area is 154 Å². The zero-order valence-electron chi connectivity index (χ0n) is 13.8. The lowest BCUT2D eigenvalue weighted by Crippen LogP contribution is -2.50. The number of hydrogen-bond acceptors (Lipinski definition) is 5. The molecule has 1 amide bonds. The summed E-state index contributed by atoms with van der Waals surface area (Å²) in [4.78, 5) is 18.5. The van der Waals surface area contributed by atoms with Crippen molar-refractivity contribution in [2.24, 2.45) is 0 Å². The zero-order valence-corrected chi connectivity index (χ0v) is 15.3. The quantitative estimate of drug-likeness (QED) is 0.844. The maximum atomic E-state index is 12.6. The molecule has 0 bridgehead atoms. The second-order valence-corrected chi connectivity index (χ2v) is 6.82. The number of benzene rings is 1. The zero-order chi connectivity index (χ0) is 17.8. The van der Waals surface area contributed by atoms with Crippen LogP contribution in [0, 0.1) is 0 Å². The van der Waals surface area contributed by atoms with Crippen LogP contribution in [0.3, 0.4) is 0 Å². The normalized spacial score (nSPS) is 20.4. The Kier molecular flexibility index (Phi) is 5.67. The summed E-state index contributed by atoms with van der Waals surface area (Å²) >= 11 is 3.37. The van der Waals surface area contributed by atoms with Crippen molar-refractivity contribution in [2.45, 2.75) is 19.1 Å². The molecule has 1 aliphatic heterocycles. The monoisotopic (exact) mass is 406 g/mol. The first-order valence-corrected chi connectivity index (χ1v) is 8.79. The molecule has 3 rings (SSSR count). The van der Waals surface area contributed by atoms with Crippen molar-refractivity contribution in [1.29, 1.82) is 0 Å². The number of hydrogen-bond donors (Lipinski definition) is 1. The third-order valence-corrected chi connectivity index (χ3v) is 4.37. The summed E-state index contributed by atoms with van der Waals surface area (Å²) in [6.45, 7) is 2.64. The summed E-state index contributed by atoms with van der Waals surface area (Å²) in [7, 11) is 0. The number of halogens is 1. The van der Waals surface area contributed by atoms with Crippen LogP contribution in [0.25, 0.3) is 0 Å². The van der Waals surface area contributed by atoms with Gasteiger partial charge in [-0.3, -0.25) is 4.79 Å². The van der Waals surface area contributed by atoms with E-state index in [0.717, 1.165) is 4.47 Å². The fraction of sp³-hybridized carbons (Fsp3) is 0.333. The average Bonchev–Trinajstić information content (AvgIpc) is 2.63. The van der Waals surface area contributed by atoms with E-state index in [9.17, 15) is 9.90 Å². The number of ether oxygens (including phenoxy) is 2. The molecule has 0 saturated carbocycles. The summed E-state index contributed by atoms with van der Waals surface area (Å²) in [5.41, 5.74) is 0.481. The number of pyridine rings is 1. The number of aromatic nitrogens is 1. The number of nitrogens with zero attached hydrogens (tertiary/aromatic N) is 2. The smallest absolute Gasteiger partial charge is 0.255 e. The second kappa shape index (κ2) is 7.95. The topological polar surface area (TPSA) is 71.9 Å². The molecule has 25 heavy (non-hydrogen) atoms. The molecule has 2 aromatic rings. The Morgan fingerprint density at radius 3 is 2.72 bits per heavy atom. The van der Waals surface area contributed by atoms with Crippen LogP contribution in [0.4, 0.5) is 0 Å². The average molecular weight is 407 g/mol. The Morgan fingerprint density at radius 1 is 1.32 bits per heavy atom. The van der Waals surface area contributed by atoms with Crippen molar-refractivity contribution in [3.8, 4) is 11.6 Å². The third kappa shape index (κ3) is 4.56. The van der Waals surface area contributed by atoms with E-state index in [4.69, 9.17) is 9.47 Å². The molecule has 0 spiro atoms. The Hall–Kier alpha value is -1.96. The summed E-state index contributed by atoms with van der Waals surface area (Å²) < 4.78 is 12.2. The van der Waals surface area contributed by atoms with Crippen molar-refractivity contribution in [3.05, 3.63) is 52.6 Å². The van der Waals surface area contributed by atoms with Crippen molar-refractivity contribution >= 4 is 21.8 Å². The highest BCUT2D eigenvalue weighted by Crippen LogP contribution is 2.22. The van der Waals surface area contributed by atoms with Gasteiger partial charge in [0.2, 0.25) is 5.88 Å². The number of aliphatic hydroxyl groups excluding tert-OH is 1. The molecule has 132 valence electrons. The van der Waals surface area contributed by atoms with Gasteiger partial charge in [-0.05, 0) is 37.3 Å². The molecule has 0 unspecified atom stereocenters. The highest BCUT2D eigenvalue weighted by atomic mass is 79.9. The molecule has 1 aliphatic rings. The highest BCUT2D eigenvalue weighted by Gasteiger charge is 2.28. The van der Waals surface area contributed by atoms with Gasteiger partial charge in [-0.1, -0.05) is 15.9 Å². The largest absolute Gasteiger partial charge is 0.439 e. The maximum absolute atomic E-state index is 12.6. The second-order valence-electron chi connectivity index (χ2n) is 5.90. The number of rotatable bonds is 4. The van der Waals surface area contributed by atoms with Crippen LogP contribution in [0.1, 0.15) is 17.3 Å². The SMILES string of the molecule is C[C@H]1CN(C(=O)c2ccc(Oc3ccc(Br)cc3)nc2)C[C@@H](CO)O1. The molecular weight excluding hydrogens is 388 g/mol. The van der Waals surface area contributed by atoms with E-state index < -0.39 is 0 Å². The van der Waals surface area contributed by atoms with Crippen LogP contribution in [0.5, 0.6) is 11.6 Å². The van der Waals surface area contributed by atoms with Crippen LogP contribution in [-0.4, -0.2) is 52.8 Å². The van der Waals surface area contributed by atoms with Crippen molar-refractivity contribution in [2.75, 3.05) is 19.7 Å². The lowest BCUT2D eigenvalue weighted by molar-refractivity contribution is -0.0858. The predicted molar refractivity (Wildman–Crippen MR) is 95.8 cm³/mol. The molecule has 2 atom stereocenters. The van der Waals surface area contributed by atoms with Gasteiger partial charge in [0.25, 0.3) is 5.91 Å². The number of carbonyl (C=O) groups excluding carboxylic acids is 1. The Morgan fingerprint density at radius 2 is 2.08 bits per heavy atom. The van der Waals surface area contributed by atoms with Crippen molar-refractivity contribution in [1.82, 2.24) is 9.88 Å². The molecule has 7 heteroatoms. The van der Waals surface area contributed by atoms with E-state index in [1.54, 1.807) is 17.0 Å². The first kappa shape index (κ1) is 17.8. The Balaban J connectivity index is 1.67. The van der Waals surface area contributed by atoms with Crippen LogP contribution >= 0.6 is 15.9 Å². The molecule has 1 saturated heterocycles. The van der Waals surface area contributed by atoms with E-state index in [2.05, 4.69) is 20.9 Å². The van der Waals surface area contributed by atoms with Crippen LogP contribution in [0.2, 0.25) is 0 Å². The standard InChI is InChI=1S/C18H19BrN2O4/c1-12-9-21(10-16(11-22)24-12)18(23)13-2-7-17(20-8-13)25-15-5-3-14(19)4-6-15/h2-8,12,16,22H,9-11H2,1H3/t12-,16-/m0/s1. The van der Waals surface area contributed by atoms with Gasteiger partial charge in [0.15, 0.2) is 0 Å². The van der Waals surface area contributed by atoms with Crippen molar-refractivity contribution in [3.63, 3.8) is 0 Å². The van der Waals surface area contributed by atoms with Crippen molar-refractivity contribution < 1.29 is 19.4 Å². The van der Waals surface area contributed by atoms with Gasteiger partial charge in [-0.25, -0.2) is 4.98 Å².